The molecule has 3 heterocycles. The molecule has 0 aromatic carbocycles. The van der Waals surface area contributed by atoms with Gasteiger partial charge in [-0.2, -0.15) is 5.10 Å². The van der Waals surface area contributed by atoms with Crippen molar-refractivity contribution in [2.24, 2.45) is 0 Å². The van der Waals surface area contributed by atoms with Gasteiger partial charge in [0.05, 0.1) is 28.4 Å². The molecule has 0 aliphatic heterocycles. The number of aromatic nitrogens is 4. The lowest BCUT2D eigenvalue weighted by molar-refractivity contribution is 0.0583. The molecule has 2 N–H and O–H groups in total. The van der Waals surface area contributed by atoms with Gasteiger partial charge >= 0.3 is 11.9 Å². The van der Waals surface area contributed by atoms with Gasteiger partial charge < -0.3 is 24.7 Å². The van der Waals surface area contributed by atoms with E-state index in [2.05, 4.69) is 24.5 Å². The summed E-state index contributed by atoms with van der Waals surface area (Å²) in [5.41, 5.74) is 6.45. The lowest BCUT2D eigenvalue weighted by atomic mass is 10.3. The largest absolute Gasteiger partial charge is 0.493 e. The molecule has 0 fully saturated rings. The third kappa shape index (κ3) is 4.26. The van der Waals surface area contributed by atoms with E-state index in [-0.39, 0.29) is 11.5 Å². The second-order valence-electron chi connectivity index (χ2n) is 5.05. The van der Waals surface area contributed by atoms with Gasteiger partial charge in [0.25, 0.3) is 0 Å². The molecule has 0 radical (unpaired) electrons. The van der Waals surface area contributed by atoms with Gasteiger partial charge in [0, 0.05) is 0 Å². The van der Waals surface area contributed by atoms with Crippen LogP contribution in [0.2, 0.25) is 0 Å². The number of ether oxygens (including phenoxy) is 4. The molecule has 11 nitrogen and oxygen atoms in total. The van der Waals surface area contributed by atoms with E-state index in [0.717, 1.165) is 0 Å². The van der Waals surface area contributed by atoms with Crippen molar-refractivity contribution in [3.05, 3.63) is 42.0 Å². The molecular formula is C17H19N5O6. The highest BCUT2D eigenvalue weighted by Gasteiger charge is 2.14. The van der Waals surface area contributed by atoms with Gasteiger partial charge in [-0.05, 0) is 24.3 Å². The standard InChI is InChI=1S/C9H9N3O3.C8H10N2O3/c1-14-7-4-3-6(9(13)15-2)12-8(7)10-5-11-12;1-12-6-4-3-5(8(11)13-2)10-7(6)9/h3-5H,1-2H3;3-4H,1-2H3,(H2,9,10). The molecule has 0 saturated carbocycles. The molecule has 148 valence electrons. The molecule has 0 aliphatic carbocycles. The number of hydrogen-bond donors (Lipinski definition) is 1. The van der Waals surface area contributed by atoms with Gasteiger partial charge in [-0.15, -0.1) is 0 Å². The van der Waals surface area contributed by atoms with Crippen LogP contribution in [0.25, 0.3) is 5.65 Å². The van der Waals surface area contributed by atoms with Crippen LogP contribution < -0.4 is 15.2 Å². The first-order valence-corrected chi connectivity index (χ1v) is 7.80. The zero-order valence-electron chi connectivity index (χ0n) is 15.7. The highest BCUT2D eigenvalue weighted by molar-refractivity contribution is 5.88. The van der Waals surface area contributed by atoms with Gasteiger partial charge in [0.1, 0.15) is 6.33 Å². The molecule has 0 aliphatic rings. The Morgan fingerprint density at radius 2 is 1.57 bits per heavy atom. The van der Waals surface area contributed by atoms with Crippen molar-refractivity contribution >= 4 is 23.4 Å². The molecule has 0 unspecified atom stereocenters. The first kappa shape index (κ1) is 20.4. The molecule has 0 bridgehead atoms. The molecule has 0 atom stereocenters. The Balaban J connectivity index is 0.000000203. The van der Waals surface area contributed by atoms with E-state index < -0.39 is 11.9 Å². The van der Waals surface area contributed by atoms with Crippen LogP contribution in [0.5, 0.6) is 11.5 Å². The second kappa shape index (κ2) is 9.16. The van der Waals surface area contributed by atoms with Crippen LogP contribution in [0.3, 0.4) is 0 Å². The highest BCUT2D eigenvalue weighted by atomic mass is 16.5. The summed E-state index contributed by atoms with van der Waals surface area (Å²) in [6.07, 6.45) is 1.35. The minimum atomic E-state index is -0.519. The molecule has 11 heteroatoms. The van der Waals surface area contributed by atoms with Gasteiger partial charge in [-0.3, -0.25) is 0 Å². The molecule has 3 rings (SSSR count). The summed E-state index contributed by atoms with van der Waals surface area (Å²) in [5, 5.41) is 3.92. The molecule has 3 aromatic rings. The lowest BCUT2D eigenvalue weighted by Crippen LogP contribution is -2.09. The molecule has 0 amide bonds. The lowest BCUT2D eigenvalue weighted by Gasteiger charge is -2.04. The number of rotatable bonds is 4. The average molecular weight is 389 g/mol. The van der Waals surface area contributed by atoms with Crippen LogP contribution in [-0.2, 0) is 9.47 Å². The number of carbonyl (C=O) groups is 2. The number of nitrogens with two attached hydrogens (primary N) is 1. The number of nitrogen functional groups attached to an aromatic ring is 1. The topological polar surface area (TPSA) is 140 Å². The van der Waals surface area contributed by atoms with Crippen molar-refractivity contribution in [1.29, 1.82) is 0 Å². The van der Waals surface area contributed by atoms with E-state index in [0.29, 0.717) is 22.8 Å². The van der Waals surface area contributed by atoms with Crippen LogP contribution in [0, 0.1) is 0 Å². The predicted octanol–water partition coefficient (Wildman–Crippen LogP) is 0.983. The monoisotopic (exact) mass is 389 g/mol. The van der Waals surface area contributed by atoms with E-state index in [1.807, 2.05) is 0 Å². The van der Waals surface area contributed by atoms with E-state index in [1.165, 1.54) is 45.3 Å². The summed E-state index contributed by atoms with van der Waals surface area (Å²) in [7, 11) is 5.60. The number of fused-ring (bicyclic) bond motifs is 1. The Morgan fingerprint density at radius 1 is 0.929 bits per heavy atom. The van der Waals surface area contributed by atoms with Crippen molar-refractivity contribution in [3.63, 3.8) is 0 Å². The number of carbonyl (C=O) groups excluding carboxylic acids is 2. The maximum atomic E-state index is 11.4. The highest BCUT2D eigenvalue weighted by Crippen LogP contribution is 2.19. The van der Waals surface area contributed by atoms with Gasteiger partial charge in [-0.25, -0.2) is 24.1 Å². The Kier molecular flexibility index (Phi) is 6.68. The van der Waals surface area contributed by atoms with Crippen LogP contribution >= 0.6 is 0 Å². The fourth-order valence-electron chi connectivity index (χ4n) is 2.16. The minimum Gasteiger partial charge on any atom is -0.493 e. The van der Waals surface area contributed by atoms with Crippen molar-refractivity contribution < 1.29 is 28.5 Å². The van der Waals surface area contributed by atoms with Crippen molar-refractivity contribution in [3.8, 4) is 11.5 Å². The maximum absolute atomic E-state index is 11.4. The Labute approximate surface area is 160 Å². The fourth-order valence-corrected chi connectivity index (χ4v) is 2.16. The van der Waals surface area contributed by atoms with Gasteiger partial charge in [0.15, 0.2) is 34.4 Å². The summed E-state index contributed by atoms with van der Waals surface area (Å²) < 4.78 is 20.4. The Bertz CT molecular complexity index is 987. The molecule has 0 spiro atoms. The summed E-state index contributed by atoms with van der Waals surface area (Å²) in [5.74, 6) is 0.181. The van der Waals surface area contributed by atoms with Crippen molar-refractivity contribution in [1.82, 2.24) is 19.6 Å². The Morgan fingerprint density at radius 3 is 2.14 bits per heavy atom. The van der Waals surface area contributed by atoms with Crippen LogP contribution in [0.4, 0.5) is 5.82 Å². The predicted molar refractivity (Wildman–Crippen MR) is 97.4 cm³/mol. The van der Waals surface area contributed by atoms with E-state index in [4.69, 9.17) is 15.2 Å². The van der Waals surface area contributed by atoms with E-state index in [1.54, 1.807) is 18.2 Å². The number of nitrogens with zero attached hydrogens (tertiary/aromatic N) is 4. The van der Waals surface area contributed by atoms with Crippen molar-refractivity contribution in [2.45, 2.75) is 0 Å². The third-order valence-electron chi connectivity index (χ3n) is 3.50. The first-order chi connectivity index (χ1) is 13.5. The van der Waals surface area contributed by atoms with Gasteiger partial charge in [0.2, 0.25) is 0 Å². The quantitative estimate of drug-likeness (QED) is 0.642. The van der Waals surface area contributed by atoms with Crippen molar-refractivity contribution in [2.75, 3.05) is 34.2 Å². The average Bonchev–Trinajstić information content (AvgIpc) is 3.22. The summed E-state index contributed by atoms with van der Waals surface area (Å²) in [6.45, 7) is 0. The van der Waals surface area contributed by atoms with E-state index in [9.17, 15) is 9.59 Å². The summed E-state index contributed by atoms with van der Waals surface area (Å²) in [6, 6.07) is 6.28. The number of pyridine rings is 2. The molecule has 28 heavy (non-hydrogen) atoms. The maximum Gasteiger partial charge on any atom is 0.356 e. The van der Waals surface area contributed by atoms with Gasteiger partial charge in [-0.1, -0.05) is 0 Å². The first-order valence-electron chi connectivity index (χ1n) is 7.80. The van der Waals surface area contributed by atoms with Crippen LogP contribution in [0.15, 0.2) is 30.6 Å². The summed E-state index contributed by atoms with van der Waals surface area (Å²) >= 11 is 0. The molecular weight excluding hydrogens is 370 g/mol. The Hall–Kier alpha value is -3.89. The van der Waals surface area contributed by atoms with Crippen LogP contribution in [-0.4, -0.2) is 60.0 Å². The van der Waals surface area contributed by atoms with Crippen LogP contribution in [0.1, 0.15) is 21.0 Å². The van der Waals surface area contributed by atoms with E-state index >= 15 is 0 Å². The second-order valence-corrected chi connectivity index (χ2v) is 5.05. The zero-order valence-corrected chi connectivity index (χ0v) is 15.7. The number of esters is 2. The third-order valence-corrected chi connectivity index (χ3v) is 3.50. The summed E-state index contributed by atoms with van der Waals surface area (Å²) in [4.78, 5) is 30.1. The number of hydrogen-bond acceptors (Lipinski definition) is 10. The molecule has 3 aromatic heterocycles. The number of methoxy groups -OCH3 is 4. The minimum absolute atomic E-state index is 0.167. The zero-order chi connectivity index (χ0) is 20.7. The fraction of sp³-hybridized carbons (Fsp3) is 0.235. The molecule has 0 saturated heterocycles. The number of anilines is 1. The smallest absolute Gasteiger partial charge is 0.356 e. The normalized spacial score (nSPS) is 9.86. The SMILES string of the molecule is COC(=O)c1ccc(OC)c(N)n1.COC(=O)c1ccc(OC)c2ncnn12.